The first-order valence-electron chi connectivity index (χ1n) is 6.59. The molecule has 0 bridgehead atoms. The second-order valence-corrected chi connectivity index (χ2v) is 7.55. The Kier molecular flexibility index (Phi) is 6.04. The number of carbonyl (C=O) groups excluding carboxylic acids is 1. The Morgan fingerprint density at radius 1 is 1.38 bits per heavy atom. The smallest absolute Gasteiger partial charge is 0.261 e. The summed E-state index contributed by atoms with van der Waals surface area (Å²) in [7, 11) is 3.21. The Morgan fingerprint density at radius 2 is 2.00 bits per heavy atom. The van der Waals surface area contributed by atoms with Gasteiger partial charge in [0.05, 0.1) is 17.9 Å². The highest BCUT2D eigenvalue weighted by Gasteiger charge is 2.19. The van der Waals surface area contributed by atoms with Gasteiger partial charge in [0.2, 0.25) is 5.91 Å². The number of ether oxygens (including phenoxy) is 1. The van der Waals surface area contributed by atoms with E-state index in [9.17, 15) is 13.2 Å². The van der Waals surface area contributed by atoms with Gasteiger partial charge in [0, 0.05) is 17.7 Å². The first-order chi connectivity index (χ1) is 9.66. The van der Waals surface area contributed by atoms with E-state index in [4.69, 9.17) is 15.4 Å². The van der Waals surface area contributed by atoms with Crippen molar-refractivity contribution in [1.29, 1.82) is 0 Å². The normalized spacial score (nSPS) is 11.5. The molecule has 5 nitrogen and oxygen atoms in total. The summed E-state index contributed by atoms with van der Waals surface area (Å²) < 4.78 is 28.7. The van der Waals surface area contributed by atoms with E-state index in [1.807, 2.05) is 13.8 Å². The van der Waals surface area contributed by atoms with Crippen LogP contribution in [0.1, 0.15) is 37.3 Å². The van der Waals surface area contributed by atoms with Crippen molar-refractivity contribution in [1.82, 2.24) is 5.32 Å². The molecule has 0 atom stereocenters. The number of halogens is 1. The molecule has 1 N–H and O–H groups in total. The van der Waals surface area contributed by atoms with E-state index in [1.54, 1.807) is 20.0 Å². The molecule has 0 aliphatic rings. The van der Waals surface area contributed by atoms with Gasteiger partial charge in [-0.05, 0) is 36.1 Å². The summed E-state index contributed by atoms with van der Waals surface area (Å²) in [5, 5.41) is 2.51. The molecule has 21 heavy (non-hydrogen) atoms. The number of amides is 1. The fourth-order valence-corrected chi connectivity index (χ4v) is 3.10. The van der Waals surface area contributed by atoms with Gasteiger partial charge in [0.25, 0.3) is 9.05 Å². The Labute approximate surface area is 130 Å². The molecular weight excluding hydrogens is 314 g/mol. The Morgan fingerprint density at radius 3 is 2.48 bits per heavy atom. The molecule has 0 aliphatic heterocycles. The van der Waals surface area contributed by atoms with Crippen molar-refractivity contribution >= 4 is 25.6 Å². The fourth-order valence-electron chi connectivity index (χ4n) is 1.89. The molecule has 0 aliphatic carbocycles. The monoisotopic (exact) mass is 333 g/mol. The number of aryl methyl sites for hydroxylation is 1. The molecule has 0 fully saturated rings. The lowest BCUT2D eigenvalue weighted by molar-refractivity contribution is -0.121. The first kappa shape index (κ1) is 17.8. The van der Waals surface area contributed by atoms with Gasteiger partial charge in [0.1, 0.15) is 5.75 Å². The second-order valence-electron chi connectivity index (χ2n) is 5.02. The SMILES string of the molecule is CNC(=O)CCOc1cc(C)c(S(=O)(=O)Cl)cc1C(C)C. The van der Waals surface area contributed by atoms with Crippen LogP contribution in [-0.2, 0) is 13.8 Å². The summed E-state index contributed by atoms with van der Waals surface area (Å²) in [6.07, 6.45) is 0.239. The molecule has 7 heteroatoms. The highest BCUT2D eigenvalue weighted by atomic mass is 35.7. The summed E-state index contributed by atoms with van der Waals surface area (Å²) in [4.78, 5) is 11.3. The van der Waals surface area contributed by atoms with Crippen LogP contribution in [-0.4, -0.2) is 28.0 Å². The minimum absolute atomic E-state index is 0.0674. The molecule has 0 heterocycles. The van der Waals surface area contributed by atoms with Crippen molar-refractivity contribution in [2.45, 2.75) is 38.0 Å². The lowest BCUT2D eigenvalue weighted by Crippen LogP contribution is -2.20. The molecule has 0 aromatic heterocycles. The van der Waals surface area contributed by atoms with Crippen molar-refractivity contribution in [2.24, 2.45) is 0 Å². The quantitative estimate of drug-likeness (QED) is 0.812. The van der Waals surface area contributed by atoms with Crippen LogP contribution in [0.15, 0.2) is 17.0 Å². The molecule has 0 unspecified atom stereocenters. The topological polar surface area (TPSA) is 72.5 Å². The van der Waals surface area contributed by atoms with E-state index in [-0.39, 0.29) is 29.7 Å². The van der Waals surface area contributed by atoms with Gasteiger partial charge in [-0.3, -0.25) is 4.79 Å². The van der Waals surface area contributed by atoms with Gasteiger partial charge in [-0.2, -0.15) is 0 Å². The highest BCUT2D eigenvalue weighted by molar-refractivity contribution is 8.13. The maximum atomic E-state index is 11.6. The number of carbonyl (C=O) groups is 1. The lowest BCUT2D eigenvalue weighted by Gasteiger charge is -2.16. The zero-order chi connectivity index (χ0) is 16.2. The van der Waals surface area contributed by atoms with Crippen molar-refractivity contribution in [3.8, 4) is 5.75 Å². The fraction of sp³-hybridized carbons (Fsp3) is 0.500. The third-order valence-corrected chi connectivity index (χ3v) is 4.52. The van der Waals surface area contributed by atoms with E-state index in [0.717, 1.165) is 5.56 Å². The number of hydrogen-bond donors (Lipinski definition) is 1. The van der Waals surface area contributed by atoms with Gasteiger partial charge in [-0.15, -0.1) is 0 Å². The van der Waals surface area contributed by atoms with Crippen LogP contribution in [0.3, 0.4) is 0 Å². The van der Waals surface area contributed by atoms with E-state index in [0.29, 0.717) is 11.3 Å². The maximum absolute atomic E-state index is 11.6. The van der Waals surface area contributed by atoms with Crippen LogP contribution in [0, 0.1) is 6.92 Å². The van der Waals surface area contributed by atoms with Gasteiger partial charge in [0.15, 0.2) is 0 Å². The second kappa shape index (κ2) is 7.13. The zero-order valence-corrected chi connectivity index (χ0v) is 14.1. The van der Waals surface area contributed by atoms with Crippen LogP contribution < -0.4 is 10.1 Å². The molecule has 118 valence electrons. The van der Waals surface area contributed by atoms with E-state index in [1.165, 1.54) is 6.07 Å². The minimum Gasteiger partial charge on any atom is -0.493 e. The molecule has 0 saturated heterocycles. The Hall–Kier alpha value is -1.27. The zero-order valence-electron chi connectivity index (χ0n) is 12.6. The maximum Gasteiger partial charge on any atom is 0.261 e. The average molecular weight is 334 g/mol. The van der Waals surface area contributed by atoms with Crippen molar-refractivity contribution in [2.75, 3.05) is 13.7 Å². The summed E-state index contributed by atoms with van der Waals surface area (Å²) >= 11 is 0. The summed E-state index contributed by atoms with van der Waals surface area (Å²) in [6.45, 7) is 5.75. The molecule has 0 spiro atoms. The molecule has 1 amide bonds. The van der Waals surface area contributed by atoms with Crippen LogP contribution in [0.4, 0.5) is 0 Å². The van der Waals surface area contributed by atoms with Crippen LogP contribution in [0.5, 0.6) is 5.75 Å². The Bertz CT molecular complexity index is 626. The van der Waals surface area contributed by atoms with E-state index < -0.39 is 9.05 Å². The third-order valence-electron chi connectivity index (χ3n) is 3.06. The van der Waals surface area contributed by atoms with Crippen molar-refractivity contribution < 1.29 is 17.9 Å². The van der Waals surface area contributed by atoms with Gasteiger partial charge in [-0.1, -0.05) is 13.8 Å². The van der Waals surface area contributed by atoms with Crippen molar-refractivity contribution in [3.63, 3.8) is 0 Å². The van der Waals surface area contributed by atoms with Gasteiger partial charge >= 0.3 is 0 Å². The standard InChI is InChI=1S/C14H20ClNO4S/c1-9(2)11-8-13(21(15,18)19)10(3)7-12(11)20-6-5-14(17)16-4/h7-9H,5-6H2,1-4H3,(H,16,17). The summed E-state index contributed by atoms with van der Waals surface area (Å²) in [6, 6.07) is 3.19. The van der Waals surface area contributed by atoms with E-state index >= 15 is 0 Å². The molecule has 1 rings (SSSR count). The largest absolute Gasteiger partial charge is 0.493 e. The summed E-state index contributed by atoms with van der Waals surface area (Å²) in [5.41, 5.74) is 1.26. The number of rotatable bonds is 6. The Balaban J connectivity index is 3.09. The third kappa shape index (κ3) is 4.89. The highest BCUT2D eigenvalue weighted by Crippen LogP contribution is 2.33. The van der Waals surface area contributed by atoms with Crippen LogP contribution in [0.25, 0.3) is 0 Å². The van der Waals surface area contributed by atoms with Gasteiger partial charge < -0.3 is 10.1 Å². The lowest BCUT2D eigenvalue weighted by atomic mass is 10.0. The predicted molar refractivity (Wildman–Crippen MR) is 82.5 cm³/mol. The molecule has 0 saturated carbocycles. The average Bonchev–Trinajstić information content (AvgIpc) is 2.36. The minimum atomic E-state index is -3.79. The van der Waals surface area contributed by atoms with Gasteiger partial charge in [-0.25, -0.2) is 8.42 Å². The molecular formula is C14H20ClNO4S. The molecule has 0 radical (unpaired) electrons. The van der Waals surface area contributed by atoms with Crippen LogP contribution in [0.2, 0.25) is 0 Å². The first-order valence-corrected chi connectivity index (χ1v) is 8.90. The number of benzene rings is 1. The molecule has 1 aromatic carbocycles. The van der Waals surface area contributed by atoms with E-state index in [2.05, 4.69) is 5.32 Å². The molecule has 1 aromatic rings. The number of nitrogens with one attached hydrogen (secondary N) is 1. The number of hydrogen-bond acceptors (Lipinski definition) is 4. The predicted octanol–water partition coefficient (Wildman–Crippen LogP) is 2.56. The van der Waals surface area contributed by atoms with Crippen molar-refractivity contribution in [3.05, 3.63) is 23.3 Å². The summed E-state index contributed by atoms with van der Waals surface area (Å²) in [5.74, 6) is 0.533. The van der Waals surface area contributed by atoms with Crippen LogP contribution >= 0.6 is 10.7 Å².